The Kier molecular flexibility index (Phi) is 5.88. The number of aryl methyl sites for hydroxylation is 1. The standard InChI is InChI=1S/C16H21N3O5/c1-10-8-11(18-16(23)12(17)3-5-15(21)22)2-4-13(10)19-6-7-24-9-14(19)20/h2,4,8,12H,3,5-7,9,17H2,1H3,(H,18,23)(H,21,22). The number of nitrogens with one attached hydrogen (secondary N) is 1. The lowest BCUT2D eigenvalue weighted by atomic mass is 10.1. The van der Waals surface area contributed by atoms with Crippen molar-refractivity contribution in [3.8, 4) is 0 Å². The minimum Gasteiger partial charge on any atom is -0.481 e. The Bertz CT molecular complexity index is 647. The number of nitrogens with zero attached hydrogens (tertiary/aromatic N) is 1. The summed E-state index contributed by atoms with van der Waals surface area (Å²) in [5, 5.41) is 11.3. The normalized spacial score (nSPS) is 15.9. The van der Waals surface area contributed by atoms with Crippen LogP contribution in [0.4, 0.5) is 11.4 Å². The van der Waals surface area contributed by atoms with Crippen LogP contribution in [-0.4, -0.2) is 48.7 Å². The highest BCUT2D eigenvalue weighted by Crippen LogP contribution is 2.25. The van der Waals surface area contributed by atoms with Gasteiger partial charge in [-0.15, -0.1) is 0 Å². The summed E-state index contributed by atoms with van der Waals surface area (Å²) in [6.07, 6.45) is -0.0911. The van der Waals surface area contributed by atoms with Gasteiger partial charge in [0.25, 0.3) is 5.91 Å². The number of aliphatic carboxylic acids is 1. The minimum absolute atomic E-state index is 0.0658. The lowest BCUT2D eigenvalue weighted by molar-refractivity contribution is -0.137. The van der Waals surface area contributed by atoms with Crippen LogP contribution in [0.5, 0.6) is 0 Å². The molecule has 1 aromatic carbocycles. The Balaban J connectivity index is 2.02. The SMILES string of the molecule is Cc1cc(NC(=O)C(N)CCC(=O)O)ccc1N1CCOCC1=O. The summed E-state index contributed by atoms with van der Waals surface area (Å²) in [6.45, 7) is 2.89. The minimum atomic E-state index is -0.992. The topological polar surface area (TPSA) is 122 Å². The highest BCUT2D eigenvalue weighted by Gasteiger charge is 2.22. The maximum atomic E-state index is 12.0. The van der Waals surface area contributed by atoms with Gasteiger partial charge >= 0.3 is 5.97 Å². The molecule has 0 spiro atoms. The fraction of sp³-hybridized carbons (Fsp3) is 0.438. The van der Waals surface area contributed by atoms with E-state index in [1.54, 1.807) is 23.1 Å². The van der Waals surface area contributed by atoms with E-state index in [0.717, 1.165) is 11.3 Å². The number of carbonyl (C=O) groups excluding carboxylic acids is 2. The first kappa shape index (κ1) is 17.9. The summed E-state index contributed by atoms with van der Waals surface area (Å²) < 4.78 is 5.11. The molecule has 1 aromatic rings. The number of carbonyl (C=O) groups is 3. The highest BCUT2D eigenvalue weighted by molar-refractivity contribution is 5.97. The number of anilines is 2. The van der Waals surface area contributed by atoms with E-state index >= 15 is 0 Å². The van der Waals surface area contributed by atoms with E-state index in [-0.39, 0.29) is 25.4 Å². The maximum absolute atomic E-state index is 12.0. The molecule has 1 aliphatic rings. The van der Waals surface area contributed by atoms with Gasteiger partial charge in [-0.2, -0.15) is 0 Å². The van der Waals surface area contributed by atoms with Gasteiger partial charge in [0.15, 0.2) is 0 Å². The Hall–Kier alpha value is -2.45. The van der Waals surface area contributed by atoms with Gasteiger partial charge in [-0.05, 0) is 37.1 Å². The van der Waals surface area contributed by atoms with Crippen molar-refractivity contribution in [3.63, 3.8) is 0 Å². The Morgan fingerprint density at radius 1 is 1.46 bits per heavy atom. The van der Waals surface area contributed by atoms with Crippen LogP contribution in [0, 0.1) is 6.92 Å². The number of benzene rings is 1. The molecule has 2 amide bonds. The second-order valence-corrected chi connectivity index (χ2v) is 5.63. The zero-order chi connectivity index (χ0) is 17.7. The van der Waals surface area contributed by atoms with Gasteiger partial charge in [0, 0.05) is 24.3 Å². The van der Waals surface area contributed by atoms with Gasteiger partial charge in [-0.25, -0.2) is 0 Å². The maximum Gasteiger partial charge on any atom is 0.303 e. The Morgan fingerprint density at radius 2 is 2.21 bits per heavy atom. The summed E-state index contributed by atoms with van der Waals surface area (Å²) in [5.74, 6) is -1.53. The van der Waals surface area contributed by atoms with Crippen LogP contribution >= 0.6 is 0 Å². The van der Waals surface area contributed by atoms with Gasteiger partial charge in [-0.1, -0.05) is 0 Å². The number of rotatable bonds is 6. The molecule has 4 N–H and O–H groups in total. The second kappa shape index (κ2) is 7.89. The van der Waals surface area contributed by atoms with Crippen molar-refractivity contribution >= 4 is 29.2 Å². The fourth-order valence-electron chi connectivity index (χ4n) is 2.45. The third-order valence-electron chi connectivity index (χ3n) is 3.75. The number of carboxylic acid groups (broad SMARTS) is 1. The molecule has 1 saturated heterocycles. The van der Waals surface area contributed by atoms with E-state index < -0.39 is 17.9 Å². The molecule has 1 aliphatic heterocycles. The van der Waals surface area contributed by atoms with Gasteiger partial charge < -0.3 is 25.8 Å². The molecule has 0 aliphatic carbocycles. The average Bonchev–Trinajstić information content (AvgIpc) is 2.53. The number of ether oxygens (including phenoxy) is 1. The summed E-state index contributed by atoms with van der Waals surface area (Å²) in [4.78, 5) is 36.0. The van der Waals surface area contributed by atoms with Crippen LogP contribution in [0.3, 0.4) is 0 Å². The molecule has 130 valence electrons. The predicted molar refractivity (Wildman–Crippen MR) is 87.8 cm³/mol. The Labute approximate surface area is 139 Å². The zero-order valence-electron chi connectivity index (χ0n) is 13.4. The highest BCUT2D eigenvalue weighted by atomic mass is 16.5. The largest absolute Gasteiger partial charge is 0.481 e. The van der Waals surface area contributed by atoms with Crippen molar-refractivity contribution in [2.75, 3.05) is 30.0 Å². The number of hydrogen-bond acceptors (Lipinski definition) is 5. The van der Waals surface area contributed by atoms with E-state index in [1.807, 2.05) is 6.92 Å². The number of amides is 2. The van der Waals surface area contributed by atoms with Crippen LogP contribution in [0.15, 0.2) is 18.2 Å². The lowest BCUT2D eigenvalue weighted by Crippen LogP contribution is -2.42. The van der Waals surface area contributed by atoms with E-state index in [2.05, 4.69) is 5.32 Å². The van der Waals surface area contributed by atoms with Crippen LogP contribution in [0.25, 0.3) is 0 Å². The van der Waals surface area contributed by atoms with Gasteiger partial charge in [-0.3, -0.25) is 14.4 Å². The van der Waals surface area contributed by atoms with Crippen molar-refractivity contribution in [3.05, 3.63) is 23.8 Å². The molecular formula is C16H21N3O5. The van der Waals surface area contributed by atoms with E-state index in [9.17, 15) is 14.4 Å². The number of carboxylic acids is 1. The first-order chi connectivity index (χ1) is 11.4. The summed E-state index contributed by atoms with van der Waals surface area (Å²) in [7, 11) is 0. The van der Waals surface area contributed by atoms with Crippen LogP contribution in [0.1, 0.15) is 18.4 Å². The van der Waals surface area contributed by atoms with Crippen LogP contribution in [-0.2, 0) is 19.1 Å². The first-order valence-electron chi connectivity index (χ1n) is 7.65. The fourth-order valence-corrected chi connectivity index (χ4v) is 2.45. The van der Waals surface area contributed by atoms with Crippen molar-refractivity contribution in [1.29, 1.82) is 0 Å². The van der Waals surface area contributed by atoms with Crippen molar-refractivity contribution in [1.82, 2.24) is 0 Å². The summed E-state index contributed by atoms with van der Waals surface area (Å²) >= 11 is 0. The second-order valence-electron chi connectivity index (χ2n) is 5.63. The molecule has 24 heavy (non-hydrogen) atoms. The molecule has 1 heterocycles. The van der Waals surface area contributed by atoms with Gasteiger partial charge in [0.2, 0.25) is 5.91 Å². The average molecular weight is 335 g/mol. The molecule has 1 fully saturated rings. The molecule has 8 heteroatoms. The van der Waals surface area contributed by atoms with Crippen molar-refractivity contribution < 1.29 is 24.2 Å². The number of morpholine rings is 1. The third-order valence-corrected chi connectivity index (χ3v) is 3.75. The molecular weight excluding hydrogens is 314 g/mol. The number of nitrogens with two attached hydrogens (primary N) is 1. The molecule has 2 rings (SSSR count). The van der Waals surface area contributed by atoms with Gasteiger partial charge in [0.1, 0.15) is 6.61 Å². The first-order valence-corrected chi connectivity index (χ1v) is 7.65. The van der Waals surface area contributed by atoms with E-state index in [0.29, 0.717) is 18.8 Å². The zero-order valence-corrected chi connectivity index (χ0v) is 13.4. The third kappa shape index (κ3) is 4.53. The predicted octanol–water partition coefficient (Wildman–Crippen LogP) is 0.489. The molecule has 1 unspecified atom stereocenters. The van der Waals surface area contributed by atoms with Crippen LogP contribution in [0.2, 0.25) is 0 Å². The number of hydrogen-bond donors (Lipinski definition) is 3. The molecule has 1 atom stereocenters. The molecule has 0 saturated carbocycles. The Morgan fingerprint density at radius 3 is 2.83 bits per heavy atom. The lowest BCUT2D eigenvalue weighted by Gasteiger charge is -2.28. The van der Waals surface area contributed by atoms with E-state index in [4.69, 9.17) is 15.6 Å². The van der Waals surface area contributed by atoms with Crippen molar-refractivity contribution in [2.45, 2.75) is 25.8 Å². The van der Waals surface area contributed by atoms with Crippen molar-refractivity contribution in [2.24, 2.45) is 5.73 Å². The summed E-state index contributed by atoms with van der Waals surface area (Å²) in [6, 6.07) is 4.31. The quantitative estimate of drug-likeness (QED) is 0.695. The molecule has 0 aromatic heterocycles. The molecule has 0 bridgehead atoms. The molecule has 0 radical (unpaired) electrons. The smallest absolute Gasteiger partial charge is 0.303 e. The van der Waals surface area contributed by atoms with E-state index in [1.165, 1.54) is 0 Å². The van der Waals surface area contributed by atoms with Gasteiger partial charge in [0.05, 0.1) is 12.6 Å². The summed E-state index contributed by atoms with van der Waals surface area (Å²) in [5.41, 5.74) is 7.83. The monoisotopic (exact) mass is 335 g/mol. The van der Waals surface area contributed by atoms with Crippen LogP contribution < -0.4 is 16.0 Å². The molecule has 8 nitrogen and oxygen atoms in total.